The van der Waals surface area contributed by atoms with E-state index in [1.807, 2.05) is 79.3 Å². The highest BCUT2D eigenvalue weighted by molar-refractivity contribution is 5.74. The van der Waals surface area contributed by atoms with E-state index in [4.69, 9.17) is 0 Å². The van der Waals surface area contributed by atoms with Gasteiger partial charge in [0, 0.05) is 26.0 Å². The molecular weight excluding hydrogens is 312 g/mol. The van der Waals surface area contributed by atoms with Gasteiger partial charge in [-0.2, -0.15) is 0 Å². The molecule has 0 saturated heterocycles. The number of amides is 2. The predicted molar refractivity (Wildman–Crippen MR) is 98.0 cm³/mol. The third-order valence-corrected chi connectivity index (χ3v) is 4.23. The van der Waals surface area contributed by atoms with Gasteiger partial charge in [0.05, 0.1) is 0 Å². The number of imidazole rings is 1. The standard InChI is InChI=1S/C20H22N4O/c1-15-8-6-7-11-17(15)14-22-20(25)23-18(16-9-4-3-5-10-16)19-21-12-13-24(19)2/h3-13,18H,14H2,1-2H3,(H2,22,23,25)/t18-/m1/s1. The second-order valence-corrected chi connectivity index (χ2v) is 5.99. The molecule has 5 nitrogen and oxygen atoms in total. The summed E-state index contributed by atoms with van der Waals surface area (Å²) < 4.78 is 1.92. The minimum absolute atomic E-state index is 0.222. The fourth-order valence-corrected chi connectivity index (χ4v) is 2.76. The third-order valence-electron chi connectivity index (χ3n) is 4.23. The van der Waals surface area contributed by atoms with Crippen molar-refractivity contribution < 1.29 is 4.79 Å². The number of carbonyl (C=O) groups is 1. The number of aryl methyl sites for hydroxylation is 2. The number of hydrogen-bond acceptors (Lipinski definition) is 2. The van der Waals surface area contributed by atoms with Crippen LogP contribution in [0.4, 0.5) is 4.79 Å². The summed E-state index contributed by atoms with van der Waals surface area (Å²) >= 11 is 0. The molecule has 1 atom stereocenters. The highest BCUT2D eigenvalue weighted by atomic mass is 16.2. The van der Waals surface area contributed by atoms with E-state index in [2.05, 4.69) is 15.6 Å². The van der Waals surface area contributed by atoms with Crippen LogP contribution >= 0.6 is 0 Å². The lowest BCUT2D eigenvalue weighted by Crippen LogP contribution is -2.39. The molecule has 5 heteroatoms. The van der Waals surface area contributed by atoms with Gasteiger partial charge in [-0.05, 0) is 23.6 Å². The fraction of sp³-hybridized carbons (Fsp3) is 0.200. The zero-order valence-corrected chi connectivity index (χ0v) is 14.4. The van der Waals surface area contributed by atoms with Crippen molar-refractivity contribution in [1.29, 1.82) is 0 Å². The molecular formula is C20H22N4O. The normalized spacial score (nSPS) is 11.8. The van der Waals surface area contributed by atoms with Crippen LogP contribution in [0.5, 0.6) is 0 Å². The molecule has 0 bridgehead atoms. The Labute approximate surface area is 147 Å². The number of nitrogens with zero attached hydrogens (tertiary/aromatic N) is 2. The number of carbonyl (C=O) groups excluding carboxylic acids is 1. The first-order chi connectivity index (χ1) is 12.1. The topological polar surface area (TPSA) is 59.0 Å². The lowest BCUT2D eigenvalue weighted by atomic mass is 10.1. The summed E-state index contributed by atoms with van der Waals surface area (Å²) in [5, 5.41) is 5.97. The van der Waals surface area contributed by atoms with Crippen LogP contribution in [0.3, 0.4) is 0 Å². The van der Waals surface area contributed by atoms with Crippen molar-refractivity contribution in [3.63, 3.8) is 0 Å². The zero-order valence-electron chi connectivity index (χ0n) is 14.4. The van der Waals surface area contributed by atoms with E-state index >= 15 is 0 Å². The van der Waals surface area contributed by atoms with Gasteiger partial charge in [-0.1, -0.05) is 54.6 Å². The molecule has 0 unspecified atom stereocenters. The highest BCUT2D eigenvalue weighted by Crippen LogP contribution is 2.20. The minimum Gasteiger partial charge on any atom is -0.336 e. The summed E-state index contributed by atoms with van der Waals surface area (Å²) in [4.78, 5) is 16.9. The molecule has 0 fully saturated rings. The molecule has 0 aliphatic carbocycles. The van der Waals surface area contributed by atoms with Crippen LogP contribution in [0.15, 0.2) is 67.0 Å². The lowest BCUT2D eigenvalue weighted by Gasteiger charge is -2.19. The van der Waals surface area contributed by atoms with Crippen molar-refractivity contribution >= 4 is 6.03 Å². The van der Waals surface area contributed by atoms with Crippen LogP contribution in [-0.2, 0) is 13.6 Å². The summed E-state index contributed by atoms with van der Waals surface area (Å²) in [6.07, 6.45) is 3.61. The Balaban J connectivity index is 1.73. The minimum atomic E-state index is -0.307. The van der Waals surface area contributed by atoms with Crippen LogP contribution in [0.25, 0.3) is 0 Å². The molecule has 0 aliphatic rings. The smallest absolute Gasteiger partial charge is 0.315 e. The molecule has 0 spiro atoms. The predicted octanol–water partition coefficient (Wildman–Crippen LogP) is 3.32. The Hall–Kier alpha value is -3.08. The average molecular weight is 334 g/mol. The Kier molecular flexibility index (Phi) is 5.14. The first-order valence-electron chi connectivity index (χ1n) is 8.26. The number of nitrogens with one attached hydrogen (secondary N) is 2. The quantitative estimate of drug-likeness (QED) is 0.752. The van der Waals surface area contributed by atoms with Crippen LogP contribution in [0, 0.1) is 6.92 Å². The number of aromatic nitrogens is 2. The molecule has 0 radical (unpaired) electrons. The van der Waals surface area contributed by atoms with Crippen LogP contribution in [0.1, 0.15) is 28.6 Å². The first kappa shape index (κ1) is 16.8. The number of rotatable bonds is 5. The summed E-state index contributed by atoms with van der Waals surface area (Å²) in [7, 11) is 1.92. The van der Waals surface area contributed by atoms with Crippen molar-refractivity contribution in [3.05, 3.63) is 89.5 Å². The van der Waals surface area contributed by atoms with Gasteiger partial charge in [0.2, 0.25) is 0 Å². The van der Waals surface area contributed by atoms with Gasteiger partial charge in [0.25, 0.3) is 0 Å². The third kappa shape index (κ3) is 4.07. The van der Waals surface area contributed by atoms with Crippen LogP contribution < -0.4 is 10.6 Å². The second kappa shape index (κ2) is 7.66. The van der Waals surface area contributed by atoms with Crippen molar-refractivity contribution in [2.45, 2.75) is 19.5 Å². The van der Waals surface area contributed by atoms with Crippen molar-refractivity contribution in [2.75, 3.05) is 0 Å². The fourth-order valence-electron chi connectivity index (χ4n) is 2.76. The molecule has 3 rings (SSSR count). The van der Waals surface area contributed by atoms with Crippen molar-refractivity contribution in [3.8, 4) is 0 Å². The van der Waals surface area contributed by atoms with Gasteiger partial charge >= 0.3 is 6.03 Å². The summed E-state index contributed by atoms with van der Waals surface area (Å²) in [6.45, 7) is 2.52. The average Bonchev–Trinajstić information content (AvgIpc) is 3.05. The van der Waals surface area contributed by atoms with Gasteiger partial charge in [0.15, 0.2) is 0 Å². The summed E-state index contributed by atoms with van der Waals surface area (Å²) in [5.41, 5.74) is 3.25. The van der Waals surface area contributed by atoms with Crippen molar-refractivity contribution in [1.82, 2.24) is 20.2 Å². The van der Waals surface area contributed by atoms with Gasteiger partial charge in [-0.3, -0.25) is 0 Å². The molecule has 2 aromatic carbocycles. The maximum Gasteiger partial charge on any atom is 0.315 e. The van der Waals surface area contributed by atoms with E-state index in [1.54, 1.807) is 6.20 Å². The molecule has 128 valence electrons. The highest BCUT2D eigenvalue weighted by Gasteiger charge is 2.20. The number of urea groups is 1. The number of benzene rings is 2. The van der Waals surface area contributed by atoms with E-state index in [-0.39, 0.29) is 12.1 Å². The van der Waals surface area contributed by atoms with Crippen LogP contribution in [0.2, 0.25) is 0 Å². The zero-order chi connectivity index (χ0) is 17.6. The maximum absolute atomic E-state index is 12.5. The SMILES string of the molecule is Cc1ccccc1CNC(=O)N[C@H](c1ccccc1)c1nccn1C. The largest absolute Gasteiger partial charge is 0.336 e. The monoisotopic (exact) mass is 334 g/mol. The Bertz CT molecular complexity index is 842. The molecule has 0 aliphatic heterocycles. The van der Waals surface area contributed by atoms with E-state index < -0.39 is 0 Å². The van der Waals surface area contributed by atoms with E-state index in [0.717, 1.165) is 22.5 Å². The molecule has 2 N–H and O–H groups in total. The summed E-state index contributed by atoms with van der Waals surface area (Å²) in [6, 6.07) is 17.3. The van der Waals surface area contributed by atoms with E-state index in [1.165, 1.54) is 0 Å². The van der Waals surface area contributed by atoms with E-state index in [9.17, 15) is 4.79 Å². The van der Waals surface area contributed by atoms with Gasteiger partial charge in [0.1, 0.15) is 11.9 Å². The maximum atomic E-state index is 12.5. The first-order valence-corrected chi connectivity index (χ1v) is 8.26. The Morgan fingerprint density at radius 1 is 1.12 bits per heavy atom. The second-order valence-electron chi connectivity index (χ2n) is 5.99. The molecule has 2 amide bonds. The van der Waals surface area contributed by atoms with Gasteiger partial charge < -0.3 is 15.2 Å². The lowest BCUT2D eigenvalue weighted by molar-refractivity contribution is 0.237. The molecule has 1 heterocycles. The van der Waals surface area contributed by atoms with Crippen molar-refractivity contribution in [2.24, 2.45) is 7.05 Å². The molecule has 1 aromatic heterocycles. The van der Waals surface area contributed by atoms with E-state index in [0.29, 0.717) is 6.54 Å². The molecule has 0 saturated carbocycles. The summed E-state index contributed by atoms with van der Waals surface area (Å²) in [5.74, 6) is 0.789. The van der Waals surface area contributed by atoms with Gasteiger partial charge in [-0.25, -0.2) is 9.78 Å². The molecule has 3 aromatic rings. The van der Waals surface area contributed by atoms with Crippen LogP contribution in [-0.4, -0.2) is 15.6 Å². The number of hydrogen-bond donors (Lipinski definition) is 2. The molecule has 25 heavy (non-hydrogen) atoms. The Morgan fingerprint density at radius 3 is 2.52 bits per heavy atom. The van der Waals surface area contributed by atoms with Gasteiger partial charge in [-0.15, -0.1) is 0 Å². The Morgan fingerprint density at radius 2 is 1.84 bits per heavy atom.